The highest BCUT2D eigenvalue weighted by Gasteiger charge is 2.25. The molecule has 5 nitrogen and oxygen atoms in total. The van der Waals surface area contributed by atoms with Gasteiger partial charge in [-0.25, -0.2) is 9.67 Å². The summed E-state index contributed by atoms with van der Waals surface area (Å²) >= 11 is 0. The van der Waals surface area contributed by atoms with Crippen LogP contribution < -0.4 is 5.32 Å². The first kappa shape index (κ1) is 17.0. The van der Waals surface area contributed by atoms with Gasteiger partial charge in [0.15, 0.2) is 0 Å². The van der Waals surface area contributed by atoms with Crippen LogP contribution in [0.25, 0.3) is 28.2 Å². The number of hydrogen-bond donors (Lipinski definition) is 1. The van der Waals surface area contributed by atoms with Crippen molar-refractivity contribution in [1.82, 2.24) is 24.6 Å². The van der Waals surface area contributed by atoms with Crippen LogP contribution in [-0.2, 0) is 0 Å². The van der Waals surface area contributed by atoms with Crippen molar-refractivity contribution in [2.75, 3.05) is 13.1 Å². The molecule has 0 aliphatic carbocycles. The number of hydrogen-bond acceptors (Lipinski definition) is 3. The van der Waals surface area contributed by atoms with E-state index >= 15 is 0 Å². The van der Waals surface area contributed by atoms with Crippen LogP contribution in [0.2, 0.25) is 0 Å². The SMILES string of the molecule is Cc1c(-c2c(-c3ccccc3)ncn2[C@H]2CCNC2)cnn1-c1ccccc1. The fourth-order valence-electron chi connectivity index (χ4n) is 4.06. The monoisotopic (exact) mass is 369 g/mol. The van der Waals surface area contributed by atoms with E-state index in [9.17, 15) is 0 Å². The topological polar surface area (TPSA) is 47.7 Å². The first-order chi connectivity index (χ1) is 13.8. The maximum Gasteiger partial charge on any atom is 0.0964 e. The summed E-state index contributed by atoms with van der Waals surface area (Å²) in [5, 5.41) is 8.18. The predicted octanol–water partition coefficient (Wildman–Crippen LogP) is 4.25. The van der Waals surface area contributed by atoms with Gasteiger partial charge in [-0.05, 0) is 32.0 Å². The number of aromatic nitrogens is 4. The molecule has 0 radical (unpaired) electrons. The molecular formula is C23H23N5. The summed E-state index contributed by atoms with van der Waals surface area (Å²) in [6, 6.07) is 21.1. The van der Waals surface area contributed by atoms with Crippen molar-refractivity contribution in [1.29, 1.82) is 0 Å². The molecule has 1 atom stereocenters. The second-order valence-electron chi connectivity index (χ2n) is 7.25. The molecule has 3 heterocycles. The summed E-state index contributed by atoms with van der Waals surface area (Å²) in [4.78, 5) is 4.83. The lowest BCUT2D eigenvalue weighted by molar-refractivity contribution is 0.551. The normalized spacial score (nSPS) is 16.5. The first-order valence-corrected chi connectivity index (χ1v) is 9.76. The Kier molecular flexibility index (Phi) is 4.29. The van der Waals surface area contributed by atoms with Gasteiger partial charge in [-0.3, -0.25) is 0 Å². The zero-order valence-corrected chi connectivity index (χ0v) is 15.9. The molecule has 28 heavy (non-hydrogen) atoms. The Bertz CT molecular complexity index is 1070. The molecule has 1 saturated heterocycles. The number of nitrogens with one attached hydrogen (secondary N) is 1. The highest BCUT2D eigenvalue weighted by atomic mass is 15.3. The molecule has 5 rings (SSSR count). The summed E-state index contributed by atoms with van der Waals surface area (Å²) in [7, 11) is 0. The largest absolute Gasteiger partial charge is 0.326 e. The molecule has 0 saturated carbocycles. The van der Waals surface area contributed by atoms with Gasteiger partial charge in [-0.2, -0.15) is 5.10 Å². The average Bonchev–Trinajstić information content (AvgIpc) is 3.48. The third-order valence-corrected chi connectivity index (χ3v) is 5.53. The highest BCUT2D eigenvalue weighted by molar-refractivity contribution is 5.79. The Balaban J connectivity index is 1.69. The standard InChI is InChI=1S/C23H23N5/c1-17-21(15-26-28(17)19-10-6-3-7-11-19)23-22(18-8-4-2-5-9-18)25-16-27(23)20-12-13-24-14-20/h2-11,15-16,20,24H,12-14H2,1H3/t20-/m0/s1. The maximum atomic E-state index is 4.83. The predicted molar refractivity (Wildman–Crippen MR) is 111 cm³/mol. The molecule has 2 aromatic carbocycles. The summed E-state index contributed by atoms with van der Waals surface area (Å²) in [5.74, 6) is 0. The minimum atomic E-state index is 0.416. The van der Waals surface area contributed by atoms with Gasteiger partial charge < -0.3 is 9.88 Å². The third-order valence-electron chi connectivity index (χ3n) is 5.53. The lowest BCUT2D eigenvalue weighted by Gasteiger charge is -2.16. The number of benzene rings is 2. The Hall–Kier alpha value is -3.18. The number of nitrogens with zero attached hydrogens (tertiary/aromatic N) is 4. The van der Waals surface area contributed by atoms with Crippen molar-refractivity contribution in [2.45, 2.75) is 19.4 Å². The molecule has 1 fully saturated rings. The van der Waals surface area contributed by atoms with Gasteiger partial charge in [0.05, 0.1) is 35.3 Å². The number of rotatable bonds is 4. The average molecular weight is 369 g/mol. The number of para-hydroxylation sites is 1. The van der Waals surface area contributed by atoms with E-state index in [-0.39, 0.29) is 0 Å². The minimum absolute atomic E-state index is 0.416. The third kappa shape index (κ3) is 2.84. The van der Waals surface area contributed by atoms with Crippen LogP contribution in [0.1, 0.15) is 18.2 Å². The van der Waals surface area contributed by atoms with Crippen LogP contribution >= 0.6 is 0 Å². The van der Waals surface area contributed by atoms with E-state index < -0.39 is 0 Å². The lowest BCUT2D eigenvalue weighted by Crippen LogP contribution is -2.13. The summed E-state index contributed by atoms with van der Waals surface area (Å²) in [5.41, 5.74) is 6.63. The Morgan fingerprint density at radius 3 is 2.46 bits per heavy atom. The van der Waals surface area contributed by atoms with Crippen molar-refractivity contribution in [3.05, 3.63) is 78.9 Å². The van der Waals surface area contributed by atoms with Crippen LogP contribution in [-0.4, -0.2) is 32.4 Å². The van der Waals surface area contributed by atoms with Gasteiger partial charge in [0.25, 0.3) is 0 Å². The second kappa shape index (κ2) is 7.09. The Labute approximate surface area is 164 Å². The second-order valence-corrected chi connectivity index (χ2v) is 7.25. The van der Waals surface area contributed by atoms with Crippen LogP contribution in [0.15, 0.2) is 73.2 Å². The van der Waals surface area contributed by atoms with Crippen molar-refractivity contribution in [2.24, 2.45) is 0 Å². The summed E-state index contributed by atoms with van der Waals surface area (Å²) in [6.07, 6.45) is 5.09. The highest BCUT2D eigenvalue weighted by Crippen LogP contribution is 2.36. The molecule has 0 bridgehead atoms. The molecule has 5 heteroatoms. The molecule has 0 spiro atoms. The fraction of sp³-hybridized carbons (Fsp3) is 0.217. The zero-order valence-electron chi connectivity index (χ0n) is 15.9. The molecular weight excluding hydrogens is 346 g/mol. The lowest BCUT2D eigenvalue weighted by atomic mass is 10.0. The van der Waals surface area contributed by atoms with Gasteiger partial charge in [-0.1, -0.05) is 48.5 Å². The first-order valence-electron chi connectivity index (χ1n) is 9.76. The summed E-state index contributed by atoms with van der Waals surface area (Å²) < 4.78 is 4.34. The van der Waals surface area contributed by atoms with Gasteiger partial charge in [0.2, 0.25) is 0 Å². The van der Waals surface area contributed by atoms with E-state index in [4.69, 9.17) is 10.1 Å². The van der Waals surface area contributed by atoms with Crippen molar-refractivity contribution in [3.8, 4) is 28.2 Å². The van der Waals surface area contributed by atoms with E-state index in [0.717, 1.165) is 53.4 Å². The van der Waals surface area contributed by atoms with Gasteiger partial charge in [-0.15, -0.1) is 0 Å². The minimum Gasteiger partial charge on any atom is -0.326 e. The van der Waals surface area contributed by atoms with Gasteiger partial charge >= 0.3 is 0 Å². The van der Waals surface area contributed by atoms with Crippen LogP contribution in [0.3, 0.4) is 0 Å². The van der Waals surface area contributed by atoms with Crippen molar-refractivity contribution >= 4 is 0 Å². The van der Waals surface area contributed by atoms with Crippen molar-refractivity contribution < 1.29 is 0 Å². The van der Waals surface area contributed by atoms with Crippen LogP contribution in [0.4, 0.5) is 0 Å². The Morgan fingerprint density at radius 1 is 1.00 bits per heavy atom. The molecule has 4 aromatic rings. The maximum absolute atomic E-state index is 4.83. The van der Waals surface area contributed by atoms with E-state index in [0.29, 0.717) is 6.04 Å². The fourth-order valence-corrected chi connectivity index (χ4v) is 4.06. The molecule has 1 N–H and O–H groups in total. The molecule has 140 valence electrons. The summed E-state index contributed by atoms with van der Waals surface area (Å²) in [6.45, 7) is 4.16. The molecule has 0 amide bonds. The smallest absolute Gasteiger partial charge is 0.0964 e. The molecule has 1 aliphatic rings. The van der Waals surface area contributed by atoms with Gasteiger partial charge in [0.1, 0.15) is 0 Å². The Morgan fingerprint density at radius 2 is 1.75 bits per heavy atom. The van der Waals surface area contributed by atoms with E-state index in [1.807, 2.05) is 41.5 Å². The quantitative estimate of drug-likeness (QED) is 0.585. The zero-order chi connectivity index (χ0) is 18.9. The molecule has 1 aliphatic heterocycles. The van der Waals surface area contributed by atoms with Gasteiger partial charge in [0, 0.05) is 23.7 Å². The van der Waals surface area contributed by atoms with Crippen LogP contribution in [0, 0.1) is 6.92 Å². The van der Waals surface area contributed by atoms with E-state index in [1.54, 1.807) is 0 Å². The molecule has 2 aromatic heterocycles. The van der Waals surface area contributed by atoms with Crippen molar-refractivity contribution in [3.63, 3.8) is 0 Å². The van der Waals surface area contributed by atoms with E-state index in [2.05, 4.69) is 53.2 Å². The molecule has 0 unspecified atom stereocenters. The van der Waals surface area contributed by atoms with Crippen LogP contribution in [0.5, 0.6) is 0 Å². The van der Waals surface area contributed by atoms with E-state index in [1.165, 1.54) is 0 Å². The number of imidazole rings is 1.